The summed E-state index contributed by atoms with van der Waals surface area (Å²) in [5.41, 5.74) is 17.4. The van der Waals surface area contributed by atoms with Crippen molar-refractivity contribution in [3.63, 3.8) is 0 Å². The molecule has 0 saturated carbocycles. The monoisotopic (exact) mass is 839 g/mol. The number of anilines is 1. The molecule has 0 radical (unpaired) electrons. The molecule has 0 saturated heterocycles. The van der Waals surface area contributed by atoms with Gasteiger partial charge in [-0.15, -0.1) is 0 Å². The molecule has 0 unspecified atom stereocenters. The maximum absolute atomic E-state index is 11.0. The summed E-state index contributed by atoms with van der Waals surface area (Å²) in [7, 11) is 6.58. The van der Waals surface area contributed by atoms with E-state index in [9.17, 15) is 10.1 Å². The maximum Gasteiger partial charge on any atom is 0.311 e. The lowest BCUT2D eigenvalue weighted by molar-refractivity contribution is -0.385. The molecule has 4 aromatic carbocycles. The normalized spacial score (nSPS) is 16.0. The zero-order valence-corrected chi connectivity index (χ0v) is 38.3. The summed E-state index contributed by atoms with van der Waals surface area (Å²) in [6, 6.07) is 22.0. The fourth-order valence-corrected chi connectivity index (χ4v) is 8.29. The number of hydrogen-bond acceptors (Lipinski definition) is 11. The first-order valence-corrected chi connectivity index (χ1v) is 21.8. The van der Waals surface area contributed by atoms with Gasteiger partial charge < -0.3 is 30.0 Å². The Labute approximate surface area is 364 Å². The molecule has 4 heterocycles. The zero-order chi connectivity index (χ0) is 44.2. The summed E-state index contributed by atoms with van der Waals surface area (Å²) in [6.07, 6.45) is 4.27. The van der Waals surface area contributed by atoms with Crippen LogP contribution in [0.1, 0.15) is 86.1 Å². The molecule has 12 heteroatoms. The topological polar surface area (TPSA) is 128 Å². The molecule has 0 aliphatic carbocycles. The molecule has 0 spiro atoms. The van der Waals surface area contributed by atoms with Gasteiger partial charge in [-0.05, 0) is 161 Å². The van der Waals surface area contributed by atoms with Crippen LogP contribution in [0.2, 0.25) is 0 Å². The third-order valence-corrected chi connectivity index (χ3v) is 12.3. The van der Waals surface area contributed by atoms with Crippen LogP contribution in [0.25, 0.3) is 0 Å². The van der Waals surface area contributed by atoms with Crippen molar-refractivity contribution in [2.24, 2.45) is 0 Å². The van der Waals surface area contributed by atoms with Crippen LogP contribution in [0.5, 0.6) is 23.0 Å². The number of nitrogen functional groups attached to an aromatic ring is 1. The van der Waals surface area contributed by atoms with E-state index in [1.807, 2.05) is 12.1 Å². The quantitative estimate of drug-likeness (QED) is 0.101. The summed E-state index contributed by atoms with van der Waals surface area (Å²) >= 11 is 0. The summed E-state index contributed by atoms with van der Waals surface area (Å²) in [5, 5.41) is 14.3. The highest BCUT2D eigenvalue weighted by Crippen LogP contribution is 2.34. The van der Waals surface area contributed by atoms with E-state index in [-0.39, 0.29) is 10.6 Å². The number of methoxy groups -OCH3 is 4. The van der Waals surface area contributed by atoms with Crippen molar-refractivity contribution < 1.29 is 23.9 Å². The lowest BCUT2D eigenvalue weighted by atomic mass is 9.97. The third-order valence-electron chi connectivity index (χ3n) is 12.3. The summed E-state index contributed by atoms with van der Waals surface area (Å²) < 4.78 is 20.7. The molecule has 4 aliphatic heterocycles. The molecule has 0 amide bonds. The maximum atomic E-state index is 11.0. The molecule has 0 fully saturated rings. The van der Waals surface area contributed by atoms with Crippen LogP contribution < -0.4 is 30.0 Å². The molecule has 0 bridgehead atoms. The van der Waals surface area contributed by atoms with Crippen LogP contribution in [0.3, 0.4) is 0 Å². The number of ether oxygens (including phenoxy) is 4. The van der Waals surface area contributed by atoms with E-state index in [0.717, 1.165) is 112 Å². The van der Waals surface area contributed by atoms with Crippen LogP contribution in [-0.4, -0.2) is 92.4 Å². The SMILES string of the molecule is COc1cc2c(cc1N)CN(C(C)C)CC2.COc1cc2c(cc1[N+](=O)[O-])CN(C(C)C)CC2.COc1ccc2c(c1)CCN(C(C)C)C2.COc1ccc2c(c1)CCNC2. The van der Waals surface area contributed by atoms with Gasteiger partial charge in [-0.2, -0.15) is 0 Å². The van der Waals surface area contributed by atoms with Crippen LogP contribution in [-0.2, 0) is 51.9 Å². The van der Waals surface area contributed by atoms with Crippen molar-refractivity contribution in [2.75, 3.05) is 60.4 Å². The fraction of sp³-hybridized carbons (Fsp3) is 0.510. The second-order valence-corrected chi connectivity index (χ2v) is 17.1. The standard InChI is InChI=1S/C13H18N2O3.C13H20N2O.C13H19NO.C10H13NO/c1-9(2)14-5-4-10-7-13(18-3)12(15(16)17)6-11(10)8-14;1-9(2)15-5-4-10-7-13(16-3)12(14)6-11(10)8-15;1-10(2)14-7-6-11-8-13(15-3)5-4-12(11)9-14;1-12-10-3-2-9-7-11-5-4-8(9)6-10/h6-7,9H,4-5,8H2,1-3H3;6-7,9H,4-5,8,14H2,1-3H3;4-5,8,10H,6-7,9H2,1-3H3;2-3,6,11H,4-5,7H2,1H3. The summed E-state index contributed by atoms with van der Waals surface area (Å²) in [4.78, 5) is 17.9. The van der Waals surface area contributed by atoms with Gasteiger partial charge in [0.1, 0.15) is 17.2 Å². The van der Waals surface area contributed by atoms with Crippen molar-refractivity contribution in [1.82, 2.24) is 20.0 Å². The second-order valence-electron chi connectivity index (χ2n) is 17.1. The van der Waals surface area contributed by atoms with E-state index in [2.05, 4.69) is 104 Å². The van der Waals surface area contributed by atoms with Crippen molar-refractivity contribution in [3.05, 3.63) is 115 Å². The number of nitrogens with one attached hydrogen (secondary N) is 1. The van der Waals surface area contributed by atoms with E-state index < -0.39 is 0 Å². The van der Waals surface area contributed by atoms with Gasteiger partial charge in [-0.25, -0.2) is 0 Å². The number of nitrogens with two attached hydrogens (primary N) is 1. The van der Waals surface area contributed by atoms with Crippen LogP contribution in [0.15, 0.2) is 60.7 Å². The van der Waals surface area contributed by atoms with Gasteiger partial charge in [0, 0.05) is 70.0 Å². The van der Waals surface area contributed by atoms with Crippen molar-refractivity contribution >= 4 is 11.4 Å². The lowest BCUT2D eigenvalue weighted by Gasteiger charge is -2.32. The van der Waals surface area contributed by atoms with Gasteiger partial charge in [-0.3, -0.25) is 24.8 Å². The summed E-state index contributed by atoms with van der Waals surface area (Å²) in [5.74, 6) is 3.11. The molecular formula is C49H70N6O6. The van der Waals surface area contributed by atoms with Crippen LogP contribution in [0, 0.1) is 10.1 Å². The molecule has 0 atom stereocenters. The number of benzene rings is 4. The average molecular weight is 839 g/mol. The zero-order valence-electron chi connectivity index (χ0n) is 38.3. The molecule has 61 heavy (non-hydrogen) atoms. The van der Waals surface area contributed by atoms with Crippen molar-refractivity contribution in [3.8, 4) is 23.0 Å². The minimum absolute atomic E-state index is 0.0573. The van der Waals surface area contributed by atoms with E-state index in [1.165, 1.54) is 40.5 Å². The Kier molecular flexibility index (Phi) is 17.2. The first-order chi connectivity index (χ1) is 29.2. The molecular weight excluding hydrogens is 769 g/mol. The van der Waals surface area contributed by atoms with Crippen LogP contribution in [0.4, 0.5) is 11.4 Å². The van der Waals surface area contributed by atoms with Gasteiger partial charge >= 0.3 is 5.69 Å². The Hall–Kier alpha value is -4.88. The molecule has 4 aliphatic rings. The molecule has 4 aromatic rings. The van der Waals surface area contributed by atoms with E-state index in [1.54, 1.807) is 27.4 Å². The van der Waals surface area contributed by atoms with Gasteiger partial charge in [0.2, 0.25) is 0 Å². The van der Waals surface area contributed by atoms with Gasteiger partial charge in [-0.1, -0.05) is 12.1 Å². The Morgan fingerprint density at radius 3 is 1.48 bits per heavy atom. The third kappa shape index (κ3) is 12.6. The second kappa shape index (κ2) is 22.3. The Morgan fingerprint density at radius 1 is 0.557 bits per heavy atom. The predicted octanol–water partition coefficient (Wildman–Crippen LogP) is 8.22. The highest BCUT2D eigenvalue weighted by molar-refractivity contribution is 5.57. The molecule has 3 N–H and O–H groups in total. The molecule has 0 aromatic heterocycles. The van der Waals surface area contributed by atoms with Gasteiger partial charge in [0.15, 0.2) is 5.75 Å². The molecule has 12 nitrogen and oxygen atoms in total. The largest absolute Gasteiger partial charge is 0.497 e. The van der Waals surface area contributed by atoms with Crippen LogP contribution >= 0.6 is 0 Å². The Bertz CT molecular complexity index is 2070. The number of hydrogen-bond donors (Lipinski definition) is 2. The first kappa shape index (κ1) is 47.2. The van der Waals surface area contributed by atoms with Gasteiger partial charge in [0.25, 0.3) is 0 Å². The number of nitro benzene ring substituents is 1. The number of rotatable bonds is 8. The minimum atomic E-state index is -0.382. The fourth-order valence-electron chi connectivity index (χ4n) is 8.29. The average Bonchev–Trinajstić information content (AvgIpc) is 3.27. The number of nitro groups is 1. The van der Waals surface area contributed by atoms with E-state index in [4.69, 9.17) is 24.7 Å². The predicted molar refractivity (Wildman–Crippen MR) is 246 cm³/mol. The number of fused-ring (bicyclic) bond motifs is 4. The highest BCUT2D eigenvalue weighted by atomic mass is 16.6. The molecule has 8 rings (SSSR count). The van der Waals surface area contributed by atoms with Gasteiger partial charge in [0.05, 0.1) is 39.0 Å². The lowest BCUT2D eigenvalue weighted by Crippen LogP contribution is -2.35. The smallest absolute Gasteiger partial charge is 0.311 e. The first-order valence-electron chi connectivity index (χ1n) is 21.8. The van der Waals surface area contributed by atoms with E-state index in [0.29, 0.717) is 23.9 Å². The summed E-state index contributed by atoms with van der Waals surface area (Å²) in [6.45, 7) is 21.5. The highest BCUT2D eigenvalue weighted by Gasteiger charge is 2.25. The van der Waals surface area contributed by atoms with E-state index >= 15 is 0 Å². The van der Waals surface area contributed by atoms with Crippen molar-refractivity contribution in [2.45, 2.75) is 112 Å². The van der Waals surface area contributed by atoms with Crippen molar-refractivity contribution in [1.29, 1.82) is 0 Å². The Balaban J connectivity index is 0.000000155. The molecule has 332 valence electrons. The minimum Gasteiger partial charge on any atom is -0.497 e. The Morgan fingerprint density at radius 2 is 1.00 bits per heavy atom. The number of nitrogens with zero attached hydrogens (tertiary/aromatic N) is 4.